The van der Waals surface area contributed by atoms with Crippen LogP contribution in [-0.2, 0) is 13.0 Å². The van der Waals surface area contributed by atoms with E-state index in [9.17, 15) is 0 Å². The molecule has 0 amide bonds. The van der Waals surface area contributed by atoms with Crippen molar-refractivity contribution in [1.29, 1.82) is 0 Å². The Balaban J connectivity index is 1.73. The first-order chi connectivity index (χ1) is 10.2. The average molecular weight is 303 g/mol. The fourth-order valence-corrected chi connectivity index (χ4v) is 2.20. The summed E-state index contributed by atoms with van der Waals surface area (Å²) in [5.41, 5.74) is 3.87. The van der Waals surface area contributed by atoms with Gasteiger partial charge in [0.1, 0.15) is 12.0 Å². The van der Waals surface area contributed by atoms with Gasteiger partial charge in [0.15, 0.2) is 0 Å². The smallest absolute Gasteiger partial charge is 0.226 e. The van der Waals surface area contributed by atoms with Crippen LogP contribution >= 0.6 is 11.6 Å². The molecule has 0 saturated heterocycles. The van der Waals surface area contributed by atoms with Crippen LogP contribution in [0.3, 0.4) is 0 Å². The van der Waals surface area contributed by atoms with E-state index >= 15 is 0 Å². The number of halogens is 1. The van der Waals surface area contributed by atoms with Gasteiger partial charge in [-0.3, -0.25) is 0 Å². The first-order valence-corrected chi connectivity index (χ1v) is 7.24. The Bertz CT molecular complexity index is 717. The molecule has 0 aliphatic rings. The fraction of sp³-hybridized carbons (Fsp3) is 0.267. The van der Waals surface area contributed by atoms with E-state index in [2.05, 4.69) is 15.3 Å². The van der Waals surface area contributed by atoms with E-state index in [0.29, 0.717) is 18.3 Å². The largest absolute Gasteiger partial charge is 0.444 e. The summed E-state index contributed by atoms with van der Waals surface area (Å²) in [6.45, 7) is 2.58. The van der Waals surface area contributed by atoms with Crippen molar-refractivity contribution in [3.63, 3.8) is 0 Å². The van der Waals surface area contributed by atoms with E-state index in [4.69, 9.17) is 16.0 Å². The third kappa shape index (κ3) is 3.31. The number of nitrogens with zero attached hydrogens (tertiary/aromatic N) is 4. The molecule has 21 heavy (non-hydrogen) atoms. The number of alkyl halides is 1. The lowest BCUT2D eigenvalue weighted by Gasteiger charge is -1.96. The number of oxazole rings is 1. The van der Waals surface area contributed by atoms with Crippen molar-refractivity contribution in [3.8, 4) is 11.5 Å². The van der Waals surface area contributed by atoms with Crippen molar-refractivity contribution in [2.45, 2.75) is 19.9 Å². The average Bonchev–Trinajstić information content (AvgIpc) is 3.11. The molecule has 108 valence electrons. The van der Waals surface area contributed by atoms with Crippen LogP contribution < -0.4 is 0 Å². The summed E-state index contributed by atoms with van der Waals surface area (Å²) in [4.78, 5) is 4.48. The first-order valence-electron chi connectivity index (χ1n) is 6.71. The van der Waals surface area contributed by atoms with Crippen molar-refractivity contribution in [2.75, 3.05) is 5.88 Å². The molecule has 0 saturated carbocycles. The molecule has 0 N–H and O–H groups in total. The Labute approximate surface area is 127 Å². The minimum absolute atomic E-state index is 0.532. The molecule has 0 radical (unpaired) electrons. The molecule has 2 heterocycles. The van der Waals surface area contributed by atoms with Crippen LogP contribution in [0.15, 0.2) is 41.1 Å². The minimum atomic E-state index is 0.532. The zero-order chi connectivity index (χ0) is 14.7. The second kappa shape index (κ2) is 6.10. The molecule has 0 aliphatic carbocycles. The first kappa shape index (κ1) is 13.8. The van der Waals surface area contributed by atoms with Crippen LogP contribution in [0.25, 0.3) is 11.5 Å². The maximum Gasteiger partial charge on any atom is 0.226 e. The molecule has 0 bridgehead atoms. The number of hydrogen-bond acceptors (Lipinski definition) is 4. The monoisotopic (exact) mass is 302 g/mol. The third-order valence-electron chi connectivity index (χ3n) is 3.11. The van der Waals surface area contributed by atoms with E-state index in [0.717, 1.165) is 23.4 Å². The Morgan fingerprint density at radius 1 is 1.19 bits per heavy atom. The molecule has 2 aromatic heterocycles. The predicted octanol–water partition coefficient (Wildman–Crippen LogP) is 3.07. The molecule has 1 aromatic carbocycles. The number of rotatable bonds is 5. The number of aromatic nitrogens is 4. The standard InChI is InChI=1S/C15H15ClN4O/c1-11-2-4-12(5-3-11)15-17-14(10-21-15)9-20-8-13(6-7-16)18-19-20/h2-5,8,10H,6-7,9H2,1H3. The molecule has 0 fully saturated rings. The van der Waals surface area contributed by atoms with Crippen LogP contribution in [0.2, 0.25) is 0 Å². The fourth-order valence-electron chi connectivity index (χ4n) is 2.00. The maximum absolute atomic E-state index is 5.68. The van der Waals surface area contributed by atoms with Gasteiger partial charge in [-0.15, -0.1) is 16.7 Å². The highest BCUT2D eigenvalue weighted by Crippen LogP contribution is 2.19. The minimum Gasteiger partial charge on any atom is -0.444 e. The zero-order valence-corrected chi connectivity index (χ0v) is 12.4. The molecule has 0 aliphatic heterocycles. The second-order valence-corrected chi connectivity index (χ2v) is 5.23. The highest BCUT2D eigenvalue weighted by atomic mass is 35.5. The molecule has 6 heteroatoms. The van der Waals surface area contributed by atoms with E-state index < -0.39 is 0 Å². The summed E-state index contributed by atoms with van der Waals surface area (Å²) in [5.74, 6) is 1.16. The van der Waals surface area contributed by atoms with E-state index in [1.54, 1.807) is 10.9 Å². The van der Waals surface area contributed by atoms with Crippen LogP contribution in [0.4, 0.5) is 0 Å². The molecule has 3 aromatic rings. The predicted molar refractivity (Wildman–Crippen MR) is 80.2 cm³/mol. The van der Waals surface area contributed by atoms with E-state index in [1.807, 2.05) is 37.4 Å². The van der Waals surface area contributed by atoms with Gasteiger partial charge in [-0.2, -0.15) is 0 Å². The Kier molecular flexibility index (Phi) is 4.01. The van der Waals surface area contributed by atoms with Gasteiger partial charge in [-0.05, 0) is 19.1 Å². The van der Waals surface area contributed by atoms with Gasteiger partial charge in [0.25, 0.3) is 0 Å². The van der Waals surface area contributed by atoms with Crippen molar-refractivity contribution < 1.29 is 4.42 Å². The molecular weight excluding hydrogens is 288 g/mol. The van der Waals surface area contributed by atoms with Crippen molar-refractivity contribution in [2.24, 2.45) is 0 Å². The summed E-state index contributed by atoms with van der Waals surface area (Å²) in [7, 11) is 0. The highest BCUT2D eigenvalue weighted by molar-refractivity contribution is 6.17. The van der Waals surface area contributed by atoms with Gasteiger partial charge in [0.05, 0.1) is 12.2 Å². The Morgan fingerprint density at radius 2 is 2.00 bits per heavy atom. The Hall–Kier alpha value is -2.14. The topological polar surface area (TPSA) is 56.7 Å². The summed E-state index contributed by atoms with van der Waals surface area (Å²) in [5, 5.41) is 8.10. The molecular formula is C15H15ClN4O. The van der Waals surface area contributed by atoms with Gasteiger partial charge in [-0.25, -0.2) is 9.67 Å². The normalized spacial score (nSPS) is 11.0. The SMILES string of the molecule is Cc1ccc(-c2nc(Cn3cc(CCCl)nn3)co2)cc1. The highest BCUT2D eigenvalue weighted by Gasteiger charge is 2.08. The number of benzene rings is 1. The van der Waals surface area contributed by atoms with Gasteiger partial charge in [-0.1, -0.05) is 22.9 Å². The summed E-state index contributed by atoms with van der Waals surface area (Å²) in [6.07, 6.45) is 4.25. The number of hydrogen-bond donors (Lipinski definition) is 0. The van der Waals surface area contributed by atoms with Crippen molar-refractivity contribution in [1.82, 2.24) is 20.0 Å². The summed E-state index contributed by atoms with van der Waals surface area (Å²) >= 11 is 5.68. The van der Waals surface area contributed by atoms with E-state index in [-0.39, 0.29) is 0 Å². The van der Waals surface area contributed by atoms with Crippen LogP contribution in [-0.4, -0.2) is 25.9 Å². The molecule has 3 rings (SSSR count). The van der Waals surface area contributed by atoms with Gasteiger partial charge < -0.3 is 4.42 Å². The lowest BCUT2D eigenvalue weighted by atomic mass is 10.1. The quantitative estimate of drug-likeness (QED) is 0.680. The zero-order valence-electron chi connectivity index (χ0n) is 11.7. The summed E-state index contributed by atoms with van der Waals surface area (Å²) < 4.78 is 7.26. The van der Waals surface area contributed by atoms with Crippen LogP contribution in [0.1, 0.15) is 17.0 Å². The van der Waals surface area contributed by atoms with Crippen LogP contribution in [0, 0.1) is 6.92 Å². The van der Waals surface area contributed by atoms with Gasteiger partial charge in [0, 0.05) is 24.1 Å². The van der Waals surface area contributed by atoms with Crippen LogP contribution in [0.5, 0.6) is 0 Å². The molecule has 0 atom stereocenters. The van der Waals surface area contributed by atoms with Gasteiger partial charge in [0.2, 0.25) is 5.89 Å². The van der Waals surface area contributed by atoms with Crippen molar-refractivity contribution in [3.05, 3.63) is 53.7 Å². The third-order valence-corrected chi connectivity index (χ3v) is 3.30. The second-order valence-electron chi connectivity index (χ2n) is 4.86. The number of aryl methyl sites for hydroxylation is 2. The Morgan fingerprint density at radius 3 is 2.76 bits per heavy atom. The van der Waals surface area contributed by atoms with Gasteiger partial charge >= 0.3 is 0 Å². The maximum atomic E-state index is 5.68. The molecule has 0 spiro atoms. The molecule has 5 nitrogen and oxygen atoms in total. The van der Waals surface area contributed by atoms with Crippen molar-refractivity contribution >= 4 is 11.6 Å². The lowest BCUT2D eigenvalue weighted by molar-refractivity contribution is 0.568. The lowest BCUT2D eigenvalue weighted by Crippen LogP contribution is -2.00. The van der Waals surface area contributed by atoms with E-state index in [1.165, 1.54) is 5.56 Å². The molecule has 0 unspecified atom stereocenters. The summed E-state index contributed by atoms with van der Waals surface area (Å²) in [6, 6.07) is 8.07.